The molecule has 0 saturated heterocycles. The molecular formula is C23H30FNO2. The Morgan fingerprint density at radius 1 is 1.19 bits per heavy atom. The van der Waals surface area contributed by atoms with Crippen molar-refractivity contribution in [3.05, 3.63) is 29.6 Å². The Hall–Kier alpha value is -1.89. The molecule has 4 heteroatoms. The van der Waals surface area contributed by atoms with Crippen LogP contribution in [0.1, 0.15) is 76.7 Å². The Balaban J connectivity index is 1.50. The number of hydrogen-bond donors (Lipinski definition) is 0. The summed E-state index contributed by atoms with van der Waals surface area (Å²) in [5.74, 6) is 1.50. The fraction of sp³-hybridized carbons (Fsp3) is 0.652. The number of rotatable bonds is 6. The van der Waals surface area contributed by atoms with Crippen molar-refractivity contribution >= 4 is 5.97 Å². The van der Waals surface area contributed by atoms with E-state index >= 15 is 0 Å². The molecular weight excluding hydrogens is 341 g/mol. The molecule has 0 bridgehead atoms. The quantitative estimate of drug-likeness (QED) is 0.349. The molecule has 3 rings (SSSR count). The fourth-order valence-electron chi connectivity index (χ4n) is 5.00. The second kappa shape index (κ2) is 9.35. The van der Waals surface area contributed by atoms with E-state index in [1.165, 1.54) is 57.1 Å². The number of hydrogen-bond acceptors (Lipinski definition) is 3. The molecule has 0 radical (unpaired) electrons. The maximum atomic E-state index is 13.7. The largest absolute Gasteiger partial charge is 0.426 e. The second-order valence-electron chi connectivity index (χ2n) is 8.38. The molecule has 1 aromatic carbocycles. The van der Waals surface area contributed by atoms with Gasteiger partial charge >= 0.3 is 5.97 Å². The van der Waals surface area contributed by atoms with E-state index in [1.807, 2.05) is 0 Å². The van der Waals surface area contributed by atoms with Gasteiger partial charge in [-0.1, -0.05) is 39.0 Å². The van der Waals surface area contributed by atoms with Crippen LogP contribution in [0.3, 0.4) is 0 Å². The lowest BCUT2D eigenvalue weighted by Gasteiger charge is -2.41. The van der Waals surface area contributed by atoms with Gasteiger partial charge in [0, 0.05) is 6.07 Å². The van der Waals surface area contributed by atoms with Gasteiger partial charge < -0.3 is 4.74 Å². The number of esters is 1. The maximum absolute atomic E-state index is 13.7. The van der Waals surface area contributed by atoms with Crippen molar-refractivity contribution in [2.24, 2.45) is 23.7 Å². The van der Waals surface area contributed by atoms with Crippen LogP contribution in [0.2, 0.25) is 0 Å². The first-order valence-electron chi connectivity index (χ1n) is 10.5. The minimum Gasteiger partial charge on any atom is -0.426 e. The summed E-state index contributed by atoms with van der Waals surface area (Å²) < 4.78 is 19.1. The monoisotopic (exact) mass is 371 g/mol. The van der Waals surface area contributed by atoms with Crippen molar-refractivity contribution in [2.75, 3.05) is 0 Å². The topological polar surface area (TPSA) is 50.1 Å². The molecule has 0 heterocycles. The minimum absolute atomic E-state index is 0.0361. The van der Waals surface area contributed by atoms with E-state index < -0.39 is 5.82 Å². The lowest BCUT2D eigenvalue weighted by molar-refractivity contribution is -0.141. The Morgan fingerprint density at radius 2 is 1.96 bits per heavy atom. The number of carbonyl (C=O) groups excluding carboxylic acids is 1. The molecule has 4 unspecified atom stereocenters. The normalized spacial score (nSPS) is 27.4. The Morgan fingerprint density at radius 3 is 2.70 bits per heavy atom. The van der Waals surface area contributed by atoms with E-state index in [4.69, 9.17) is 10.00 Å². The Labute approximate surface area is 161 Å². The van der Waals surface area contributed by atoms with Gasteiger partial charge in [-0.25, -0.2) is 4.39 Å². The number of unbranched alkanes of at least 4 members (excludes halogenated alkanes) is 2. The van der Waals surface area contributed by atoms with Crippen LogP contribution < -0.4 is 4.74 Å². The van der Waals surface area contributed by atoms with Gasteiger partial charge in [-0.15, -0.1) is 0 Å². The average Bonchev–Trinajstić information content (AvgIpc) is 2.68. The summed E-state index contributed by atoms with van der Waals surface area (Å²) in [5.41, 5.74) is -0.0361. The SMILES string of the molecule is CCCCCC1CCC2CC(C(=O)Oc3ccc(C#N)c(F)c3)CCC2C1. The van der Waals surface area contributed by atoms with Gasteiger partial charge in [-0.05, 0) is 62.0 Å². The summed E-state index contributed by atoms with van der Waals surface area (Å²) in [4.78, 5) is 12.5. The molecule has 2 saturated carbocycles. The van der Waals surface area contributed by atoms with Crippen LogP contribution in [0.5, 0.6) is 5.75 Å². The molecule has 27 heavy (non-hydrogen) atoms. The molecule has 1 aromatic rings. The van der Waals surface area contributed by atoms with E-state index in [0.29, 0.717) is 5.92 Å². The Kier molecular flexibility index (Phi) is 6.88. The van der Waals surface area contributed by atoms with Gasteiger partial charge in [0.2, 0.25) is 0 Å². The molecule has 0 amide bonds. The van der Waals surface area contributed by atoms with Crippen molar-refractivity contribution in [3.8, 4) is 11.8 Å². The Bertz CT molecular complexity index is 696. The highest BCUT2D eigenvalue weighted by Crippen LogP contribution is 2.46. The van der Waals surface area contributed by atoms with Crippen LogP contribution in [0.25, 0.3) is 0 Å². The summed E-state index contributed by atoms with van der Waals surface area (Å²) in [7, 11) is 0. The fourth-order valence-corrected chi connectivity index (χ4v) is 5.00. The van der Waals surface area contributed by atoms with Crippen molar-refractivity contribution in [1.82, 2.24) is 0 Å². The van der Waals surface area contributed by atoms with Gasteiger partial charge in [-0.3, -0.25) is 4.79 Å². The second-order valence-corrected chi connectivity index (χ2v) is 8.38. The van der Waals surface area contributed by atoms with E-state index in [0.717, 1.165) is 37.2 Å². The van der Waals surface area contributed by atoms with Gasteiger partial charge in [0.15, 0.2) is 0 Å². The summed E-state index contributed by atoms with van der Waals surface area (Å²) in [6.07, 6.45) is 12.1. The zero-order valence-electron chi connectivity index (χ0n) is 16.3. The third-order valence-corrected chi connectivity index (χ3v) is 6.55. The highest BCUT2D eigenvalue weighted by molar-refractivity contribution is 5.75. The predicted molar refractivity (Wildman–Crippen MR) is 103 cm³/mol. The predicted octanol–water partition coefficient (Wildman–Crippen LogP) is 6.02. The molecule has 2 aliphatic carbocycles. The molecule has 146 valence electrons. The zero-order chi connectivity index (χ0) is 19.2. The third kappa shape index (κ3) is 5.09. The van der Waals surface area contributed by atoms with Crippen molar-refractivity contribution in [1.29, 1.82) is 5.26 Å². The van der Waals surface area contributed by atoms with Crippen molar-refractivity contribution in [2.45, 2.75) is 71.1 Å². The highest BCUT2D eigenvalue weighted by Gasteiger charge is 2.38. The number of nitriles is 1. The van der Waals surface area contributed by atoms with Crippen LogP contribution in [-0.4, -0.2) is 5.97 Å². The first-order valence-corrected chi connectivity index (χ1v) is 10.5. The molecule has 2 fully saturated rings. The lowest BCUT2D eigenvalue weighted by Crippen LogP contribution is -2.35. The van der Waals surface area contributed by atoms with Gasteiger partial charge in [-0.2, -0.15) is 5.26 Å². The van der Waals surface area contributed by atoms with Crippen LogP contribution in [0.4, 0.5) is 4.39 Å². The molecule has 0 aliphatic heterocycles. The van der Waals surface area contributed by atoms with Gasteiger partial charge in [0.1, 0.15) is 17.6 Å². The van der Waals surface area contributed by atoms with Gasteiger partial charge in [0.05, 0.1) is 11.5 Å². The smallest absolute Gasteiger partial charge is 0.314 e. The summed E-state index contributed by atoms with van der Waals surface area (Å²) in [6, 6.07) is 5.75. The molecule has 0 N–H and O–H groups in total. The average molecular weight is 371 g/mol. The molecule has 4 atom stereocenters. The third-order valence-electron chi connectivity index (χ3n) is 6.55. The van der Waals surface area contributed by atoms with Crippen LogP contribution in [-0.2, 0) is 4.79 Å². The van der Waals surface area contributed by atoms with Crippen molar-refractivity contribution < 1.29 is 13.9 Å². The van der Waals surface area contributed by atoms with E-state index in [9.17, 15) is 9.18 Å². The first kappa shape index (κ1) is 19.9. The standard InChI is InChI=1S/C23H30FNO2/c1-2-3-4-5-16-6-7-18-13-19(9-8-17(18)12-16)23(26)27-21-11-10-20(15-25)22(24)14-21/h10-11,14,16-19H,2-9,12-13H2,1H3. The first-order chi connectivity index (χ1) is 13.1. The lowest BCUT2D eigenvalue weighted by atomic mass is 9.64. The zero-order valence-corrected chi connectivity index (χ0v) is 16.3. The van der Waals surface area contributed by atoms with Crippen LogP contribution in [0, 0.1) is 40.8 Å². The number of ether oxygens (including phenoxy) is 1. The van der Waals surface area contributed by atoms with E-state index in [-0.39, 0.29) is 23.2 Å². The number of fused-ring (bicyclic) bond motifs is 1. The van der Waals surface area contributed by atoms with Crippen LogP contribution >= 0.6 is 0 Å². The summed E-state index contributed by atoms with van der Waals surface area (Å²) >= 11 is 0. The number of nitrogens with zero attached hydrogens (tertiary/aromatic N) is 1. The van der Waals surface area contributed by atoms with Crippen LogP contribution in [0.15, 0.2) is 18.2 Å². The molecule has 2 aliphatic rings. The summed E-state index contributed by atoms with van der Waals surface area (Å²) in [5, 5.41) is 8.79. The van der Waals surface area contributed by atoms with E-state index in [2.05, 4.69) is 6.92 Å². The van der Waals surface area contributed by atoms with E-state index in [1.54, 1.807) is 6.07 Å². The molecule has 3 nitrogen and oxygen atoms in total. The number of halogens is 1. The van der Waals surface area contributed by atoms with Gasteiger partial charge in [0.25, 0.3) is 0 Å². The highest BCUT2D eigenvalue weighted by atomic mass is 19.1. The number of benzene rings is 1. The van der Waals surface area contributed by atoms with Crippen molar-refractivity contribution in [3.63, 3.8) is 0 Å². The number of carbonyl (C=O) groups is 1. The minimum atomic E-state index is -0.645. The summed E-state index contributed by atoms with van der Waals surface area (Å²) in [6.45, 7) is 2.25. The molecule has 0 aromatic heterocycles. The molecule has 0 spiro atoms. The maximum Gasteiger partial charge on any atom is 0.314 e.